The van der Waals surface area contributed by atoms with Crippen molar-refractivity contribution in [3.8, 4) is 0 Å². The largest absolute Gasteiger partial charge is 0.324 e. The van der Waals surface area contributed by atoms with E-state index in [4.69, 9.17) is 0 Å². The van der Waals surface area contributed by atoms with E-state index in [2.05, 4.69) is 20.8 Å². The summed E-state index contributed by atoms with van der Waals surface area (Å²) in [6.07, 6.45) is 1.75. The van der Waals surface area contributed by atoms with Crippen molar-refractivity contribution in [2.75, 3.05) is 18.4 Å². The Kier molecular flexibility index (Phi) is 2.76. The van der Waals surface area contributed by atoms with Gasteiger partial charge in [0.2, 0.25) is 5.91 Å². The van der Waals surface area contributed by atoms with Gasteiger partial charge in [-0.1, -0.05) is 19.1 Å². The molecule has 0 radical (unpaired) electrons. The minimum atomic E-state index is 0.0319. The molecule has 94 valence electrons. The lowest BCUT2D eigenvalue weighted by atomic mass is 9.88. The van der Waals surface area contributed by atoms with Crippen molar-refractivity contribution in [3.63, 3.8) is 0 Å². The van der Waals surface area contributed by atoms with E-state index >= 15 is 0 Å². The van der Waals surface area contributed by atoms with E-state index < -0.39 is 0 Å². The zero-order valence-electron chi connectivity index (χ0n) is 10.2. The molecule has 5 nitrogen and oxygen atoms in total. The number of nitrogens with zero attached hydrogens (tertiary/aromatic N) is 1. The minimum absolute atomic E-state index is 0.0319. The number of hydrogen-bond acceptors (Lipinski definition) is 3. The summed E-state index contributed by atoms with van der Waals surface area (Å²) in [5.74, 6) is 0.555. The number of para-hydroxylation sites is 1. The molecule has 1 aromatic heterocycles. The summed E-state index contributed by atoms with van der Waals surface area (Å²) in [4.78, 5) is 12.1. The Bertz CT molecular complexity index is 573. The number of fused-ring (bicyclic) bond motifs is 1. The van der Waals surface area contributed by atoms with Crippen molar-refractivity contribution < 1.29 is 4.79 Å². The lowest BCUT2D eigenvalue weighted by Crippen LogP contribution is -2.48. The smallest absolute Gasteiger partial charge is 0.227 e. The first-order valence-corrected chi connectivity index (χ1v) is 6.19. The first kappa shape index (κ1) is 11.2. The molecule has 1 aliphatic rings. The van der Waals surface area contributed by atoms with Crippen molar-refractivity contribution in [3.05, 3.63) is 24.4 Å². The van der Waals surface area contributed by atoms with Crippen LogP contribution in [0.25, 0.3) is 10.9 Å². The highest BCUT2D eigenvalue weighted by Crippen LogP contribution is 2.23. The Hall–Kier alpha value is -1.88. The molecule has 2 aromatic rings. The second-order valence-corrected chi connectivity index (χ2v) is 4.84. The highest BCUT2D eigenvalue weighted by Gasteiger charge is 2.28. The van der Waals surface area contributed by atoms with E-state index in [1.54, 1.807) is 6.20 Å². The Morgan fingerprint density at radius 3 is 3.06 bits per heavy atom. The van der Waals surface area contributed by atoms with Crippen LogP contribution in [-0.2, 0) is 4.79 Å². The van der Waals surface area contributed by atoms with Gasteiger partial charge in [0.25, 0.3) is 0 Å². The zero-order valence-corrected chi connectivity index (χ0v) is 10.2. The number of carbonyl (C=O) groups is 1. The highest BCUT2D eigenvalue weighted by molar-refractivity contribution is 6.00. The van der Waals surface area contributed by atoms with E-state index in [1.807, 2.05) is 25.1 Å². The van der Waals surface area contributed by atoms with E-state index in [0.717, 1.165) is 29.7 Å². The van der Waals surface area contributed by atoms with Gasteiger partial charge in [-0.05, 0) is 25.1 Å². The third-order valence-electron chi connectivity index (χ3n) is 3.67. The summed E-state index contributed by atoms with van der Waals surface area (Å²) < 4.78 is 0. The van der Waals surface area contributed by atoms with Gasteiger partial charge < -0.3 is 10.6 Å². The molecule has 0 aliphatic carbocycles. The van der Waals surface area contributed by atoms with Gasteiger partial charge in [-0.15, -0.1) is 0 Å². The van der Waals surface area contributed by atoms with Gasteiger partial charge >= 0.3 is 0 Å². The third kappa shape index (κ3) is 1.86. The monoisotopic (exact) mass is 244 g/mol. The van der Waals surface area contributed by atoms with E-state index in [0.29, 0.717) is 5.92 Å². The lowest BCUT2D eigenvalue weighted by Gasteiger charge is -2.31. The van der Waals surface area contributed by atoms with Crippen LogP contribution < -0.4 is 10.6 Å². The Morgan fingerprint density at radius 1 is 1.50 bits per heavy atom. The topological polar surface area (TPSA) is 69.8 Å². The van der Waals surface area contributed by atoms with E-state index in [9.17, 15) is 4.79 Å². The van der Waals surface area contributed by atoms with Gasteiger partial charge in [0, 0.05) is 11.3 Å². The second-order valence-electron chi connectivity index (χ2n) is 4.84. The third-order valence-corrected chi connectivity index (χ3v) is 3.67. The number of aromatic amines is 1. The van der Waals surface area contributed by atoms with Crippen molar-refractivity contribution in [1.29, 1.82) is 0 Å². The summed E-state index contributed by atoms with van der Waals surface area (Å²) in [5.41, 5.74) is 1.68. The lowest BCUT2D eigenvalue weighted by molar-refractivity contribution is -0.121. The van der Waals surface area contributed by atoms with Crippen LogP contribution in [0.3, 0.4) is 0 Å². The Balaban J connectivity index is 1.79. The number of carbonyl (C=O) groups excluding carboxylic acids is 1. The van der Waals surface area contributed by atoms with Gasteiger partial charge in [-0.25, -0.2) is 0 Å². The molecule has 1 atom stereocenters. The maximum absolute atomic E-state index is 12.1. The van der Waals surface area contributed by atoms with E-state index in [-0.39, 0.29) is 11.8 Å². The fourth-order valence-corrected chi connectivity index (χ4v) is 2.20. The van der Waals surface area contributed by atoms with Crippen LogP contribution >= 0.6 is 0 Å². The number of nitrogens with one attached hydrogen (secondary N) is 3. The maximum atomic E-state index is 12.1. The average molecular weight is 244 g/mol. The van der Waals surface area contributed by atoms with Gasteiger partial charge in [0.15, 0.2) is 0 Å². The molecule has 1 fully saturated rings. The molecule has 1 amide bonds. The van der Waals surface area contributed by atoms with E-state index in [1.165, 1.54) is 0 Å². The molecule has 5 heteroatoms. The molecule has 3 rings (SSSR count). The molecular formula is C13H16N4O. The standard InChI is InChI=1S/C13H16N4O/c1-8(10-5-14-6-10)13(18)16-11-4-2-3-9-7-15-17-12(9)11/h2-4,7-8,10,14H,5-6H2,1H3,(H,15,17)(H,16,18). The first-order chi connectivity index (χ1) is 8.75. The summed E-state index contributed by atoms with van der Waals surface area (Å²) in [5, 5.41) is 14.1. The van der Waals surface area contributed by atoms with Crippen LogP contribution in [0.5, 0.6) is 0 Å². The molecular weight excluding hydrogens is 228 g/mol. The summed E-state index contributed by atoms with van der Waals surface area (Å²) in [7, 11) is 0. The quantitative estimate of drug-likeness (QED) is 0.763. The van der Waals surface area contributed by atoms with Crippen molar-refractivity contribution in [2.24, 2.45) is 11.8 Å². The normalized spacial score (nSPS) is 17.4. The van der Waals surface area contributed by atoms with Crippen molar-refractivity contribution in [2.45, 2.75) is 6.92 Å². The van der Waals surface area contributed by atoms with Gasteiger partial charge in [-0.2, -0.15) is 5.10 Å². The van der Waals surface area contributed by atoms with Crippen LogP contribution in [0.1, 0.15) is 6.92 Å². The van der Waals surface area contributed by atoms with Gasteiger partial charge in [-0.3, -0.25) is 9.89 Å². The molecule has 0 spiro atoms. The van der Waals surface area contributed by atoms with Crippen molar-refractivity contribution >= 4 is 22.5 Å². The van der Waals surface area contributed by atoms with Crippen LogP contribution in [-0.4, -0.2) is 29.2 Å². The number of hydrogen-bond donors (Lipinski definition) is 3. The first-order valence-electron chi connectivity index (χ1n) is 6.19. The molecule has 1 unspecified atom stereocenters. The second kappa shape index (κ2) is 4.42. The number of anilines is 1. The average Bonchev–Trinajstić information content (AvgIpc) is 2.75. The molecule has 0 saturated carbocycles. The Labute approximate surface area is 105 Å². The number of aromatic nitrogens is 2. The summed E-state index contributed by atoms with van der Waals surface area (Å²) in [6.45, 7) is 3.85. The maximum Gasteiger partial charge on any atom is 0.227 e. The van der Waals surface area contributed by atoms with Crippen LogP contribution in [0.2, 0.25) is 0 Å². The fourth-order valence-electron chi connectivity index (χ4n) is 2.20. The number of rotatable bonds is 3. The summed E-state index contributed by atoms with van der Waals surface area (Å²) >= 11 is 0. The predicted octanol–water partition coefficient (Wildman–Crippen LogP) is 1.36. The number of amides is 1. The molecule has 2 heterocycles. The molecule has 1 aromatic carbocycles. The Morgan fingerprint density at radius 2 is 2.33 bits per heavy atom. The fraction of sp³-hybridized carbons (Fsp3) is 0.385. The predicted molar refractivity (Wildman–Crippen MR) is 70.2 cm³/mol. The minimum Gasteiger partial charge on any atom is -0.324 e. The highest BCUT2D eigenvalue weighted by atomic mass is 16.1. The SMILES string of the molecule is CC(C(=O)Nc1cccc2cn[nH]c12)C1CNC1. The van der Waals surface area contributed by atoms with Gasteiger partial charge in [0.1, 0.15) is 0 Å². The molecule has 1 aliphatic heterocycles. The summed E-state index contributed by atoms with van der Waals surface area (Å²) in [6, 6.07) is 5.78. The zero-order chi connectivity index (χ0) is 12.5. The van der Waals surface area contributed by atoms with Crippen LogP contribution in [0, 0.1) is 11.8 Å². The molecule has 18 heavy (non-hydrogen) atoms. The van der Waals surface area contributed by atoms with Crippen LogP contribution in [0.15, 0.2) is 24.4 Å². The molecule has 0 bridgehead atoms. The van der Waals surface area contributed by atoms with Gasteiger partial charge in [0.05, 0.1) is 17.4 Å². The van der Waals surface area contributed by atoms with Crippen molar-refractivity contribution in [1.82, 2.24) is 15.5 Å². The number of benzene rings is 1. The molecule has 1 saturated heterocycles. The number of H-pyrrole nitrogens is 1. The van der Waals surface area contributed by atoms with Crippen LogP contribution in [0.4, 0.5) is 5.69 Å². The molecule has 3 N–H and O–H groups in total.